The number of nitrogens with zero attached hydrogens (tertiary/aromatic N) is 1. The first-order chi connectivity index (χ1) is 8.46. The number of aromatic nitrogens is 2. The zero-order valence-electron chi connectivity index (χ0n) is 10.9. The minimum Gasteiger partial charge on any atom is -0.323 e. The molecule has 0 aliphatic rings. The second-order valence-electron chi connectivity index (χ2n) is 5.29. The highest BCUT2D eigenvalue weighted by Gasteiger charge is 2.12. The Morgan fingerprint density at radius 2 is 2.17 bits per heavy atom. The van der Waals surface area contributed by atoms with Gasteiger partial charge in [0.15, 0.2) is 0 Å². The van der Waals surface area contributed by atoms with E-state index in [1.807, 2.05) is 39.0 Å². The van der Waals surface area contributed by atoms with E-state index in [4.69, 9.17) is 0 Å². The number of hydrogen-bond acceptors (Lipinski definition) is 3. The van der Waals surface area contributed by atoms with Crippen LogP contribution in [-0.2, 0) is 4.79 Å². The van der Waals surface area contributed by atoms with Crippen LogP contribution in [0, 0.1) is 0 Å². The number of aromatic amines is 1. The minimum absolute atomic E-state index is 0.0629. The van der Waals surface area contributed by atoms with Gasteiger partial charge in [-0.25, -0.2) is 0 Å². The molecule has 1 heterocycles. The third kappa shape index (κ3) is 3.07. The number of H-pyrrole nitrogens is 1. The van der Waals surface area contributed by atoms with Gasteiger partial charge in [-0.15, -0.1) is 0 Å². The summed E-state index contributed by atoms with van der Waals surface area (Å²) in [5, 5.41) is 13.8. The predicted molar refractivity (Wildman–Crippen MR) is 72.5 cm³/mol. The fourth-order valence-electron chi connectivity index (χ4n) is 1.61. The van der Waals surface area contributed by atoms with E-state index in [1.165, 1.54) is 0 Å². The Balaban J connectivity index is 2.05. The summed E-state index contributed by atoms with van der Waals surface area (Å²) in [6.45, 7) is 6.36. The van der Waals surface area contributed by atoms with Crippen LogP contribution >= 0.6 is 0 Å². The number of amides is 1. The maximum absolute atomic E-state index is 11.8. The molecule has 0 saturated heterocycles. The molecule has 0 atom stereocenters. The van der Waals surface area contributed by atoms with Gasteiger partial charge in [0.25, 0.3) is 0 Å². The van der Waals surface area contributed by atoms with E-state index in [0.29, 0.717) is 0 Å². The largest absolute Gasteiger partial charge is 0.323 e. The number of carbonyl (C=O) groups is 1. The second-order valence-corrected chi connectivity index (χ2v) is 5.29. The highest BCUT2D eigenvalue weighted by Crippen LogP contribution is 2.20. The lowest BCUT2D eigenvalue weighted by molar-refractivity contribution is -0.115. The number of rotatable bonds is 3. The Bertz CT molecular complexity index is 553. The van der Waals surface area contributed by atoms with Crippen LogP contribution in [0.2, 0.25) is 0 Å². The molecular formula is C13H18N4O. The van der Waals surface area contributed by atoms with E-state index < -0.39 is 0 Å². The van der Waals surface area contributed by atoms with Crippen molar-refractivity contribution in [1.82, 2.24) is 15.5 Å². The summed E-state index contributed by atoms with van der Waals surface area (Å²) in [5.74, 6) is -0.0629. The highest BCUT2D eigenvalue weighted by molar-refractivity contribution is 6.00. The standard InChI is InChI=1S/C13H18N4O/c1-13(2,3)14-8-11(18)16-10-6-4-5-9-7-15-17-12(9)10/h4-7,14H,8H2,1-3H3,(H,15,17)(H,16,18). The molecule has 2 rings (SSSR count). The van der Waals surface area contributed by atoms with Crippen molar-refractivity contribution >= 4 is 22.5 Å². The molecule has 5 nitrogen and oxygen atoms in total. The van der Waals surface area contributed by atoms with E-state index in [2.05, 4.69) is 20.8 Å². The molecule has 0 fully saturated rings. The van der Waals surface area contributed by atoms with Gasteiger partial charge in [0.1, 0.15) is 0 Å². The van der Waals surface area contributed by atoms with Crippen molar-refractivity contribution in [3.05, 3.63) is 24.4 Å². The van der Waals surface area contributed by atoms with Crippen molar-refractivity contribution in [2.24, 2.45) is 0 Å². The molecule has 0 unspecified atom stereocenters. The summed E-state index contributed by atoms with van der Waals surface area (Å²) in [6, 6.07) is 5.70. The zero-order valence-corrected chi connectivity index (χ0v) is 10.9. The number of hydrogen-bond donors (Lipinski definition) is 3. The summed E-state index contributed by atoms with van der Waals surface area (Å²) in [6.07, 6.45) is 1.73. The molecule has 2 aromatic rings. The van der Waals surface area contributed by atoms with Gasteiger partial charge in [-0.05, 0) is 26.8 Å². The van der Waals surface area contributed by atoms with E-state index >= 15 is 0 Å². The Labute approximate surface area is 106 Å². The monoisotopic (exact) mass is 246 g/mol. The van der Waals surface area contributed by atoms with Crippen LogP contribution in [-0.4, -0.2) is 28.2 Å². The molecule has 18 heavy (non-hydrogen) atoms. The van der Waals surface area contributed by atoms with E-state index in [0.717, 1.165) is 16.6 Å². The molecule has 0 bridgehead atoms. The molecule has 5 heteroatoms. The maximum Gasteiger partial charge on any atom is 0.238 e. The Kier molecular flexibility index (Phi) is 3.34. The number of fused-ring (bicyclic) bond motifs is 1. The quantitative estimate of drug-likeness (QED) is 0.774. The first kappa shape index (κ1) is 12.6. The van der Waals surface area contributed by atoms with Crippen LogP contribution < -0.4 is 10.6 Å². The molecule has 0 spiro atoms. The smallest absolute Gasteiger partial charge is 0.238 e. The maximum atomic E-state index is 11.8. The van der Waals surface area contributed by atoms with Crippen LogP contribution in [0.5, 0.6) is 0 Å². The SMILES string of the molecule is CC(C)(C)NCC(=O)Nc1cccc2cn[nH]c12. The third-order valence-corrected chi connectivity index (χ3v) is 2.53. The van der Waals surface area contributed by atoms with Gasteiger partial charge in [-0.1, -0.05) is 12.1 Å². The van der Waals surface area contributed by atoms with Crippen LogP contribution in [0.15, 0.2) is 24.4 Å². The van der Waals surface area contributed by atoms with Crippen LogP contribution in [0.25, 0.3) is 10.9 Å². The average Bonchev–Trinajstić information content (AvgIpc) is 2.74. The van der Waals surface area contributed by atoms with Crippen molar-refractivity contribution in [2.45, 2.75) is 26.3 Å². The summed E-state index contributed by atoms with van der Waals surface area (Å²) >= 11 is 0. The summed E-state index contributed by atoms with van der Waals surface area (Å²) in [5.41, 5.74) is 1.53. The summed E-state index contributed by atoms with van der Waals surface area (Å²) in [7, 11) is 0. The average molecular weight is 246 g/mol. The minimum atomic E-state index is -0.0721. The van der Waals surface area contributed by atoms with Gasteiger partial charge in [0.05, 0.1) is 23.9 Å². The Morgan fingerprint density at radius 1 is 1.39 bits per heavy atom. The van der Waals surface area contributed by atoms with Crippen LogP contribution in [0.3, 0.4) is 0 Å². The molecule has 0 aliphatic carbocycles. The molecular weight excluding hydrogens is 228 g/mol. The van der Waals surface area contributed by atoms with Crippen LogP contribution in [0.4, 0.5) is 5.69 Å². The van der Waals surface area contributed by atoms with Gasteiger partial charge < -0.3 is 10.6 Å². The first-order valence-corrected chi connectivity index (χ1v) is 5.93. The molecule has 0 aliphatic heterocycles. The van der Waals surface area contributed by atoms with Gasteiger partial charge in [0, 0.05) is 10.9 Å². The van der Waals surface area contributed by atoms with Crippen molar-refractivity contribution in [3.8, 4) is 0 Å². The Morgan fingerprint density at radius 3 is 2.89 bits per heavy atom. The summed E-state index contributed by atoms with van der Waals surface area (Å²) in [4.78, 5) is 11.8. The van der Waals surface area contributed by atoms with Crippen molar-refractivity contribution < 1.29 is 4.79 Å². The molecule has 96 valence electrons. The van der Waals surface area contributed by atoms with Crippen molar-refractivity contribution in [3.63, 3.8) is 0 Å². The normalized spacial score (nSPS) is 11.7. The lowest BCUT2D eigenvalue weighted by Crippen LogP contribution is -2.41. The third-order valence-electron chi connectivity index (χ3n) is 2.53. The zero-order chi connectivity index (χ0) is 13.2. The first-order valence-electron chi connectivity index (χ1n) is 5.93. The second kappa shape index (κ2) is 4.78. The topological polar surface area (TPSA) is 69.8 Å². The lowest BCUT2D eigenvalue weighted by atomic mass is 10.1. The molecule has 3 N–H and O–H groups in total. The number of benzene rings is 1. The fourth-order valence-corrected chi connectivity index (χ4v) is 1.61. The van der Waals surface area contributed by atoms with E-state index in [1.54, 1.807) is 6.20 Å². The Hall–Kier alpha value is -1.88. The summed E-state index contributed by atoms with van der Waals surface area (Å²) < 4.78 is 0. The number of nitrogens with one attached hydrogen (secondary N) is 3. The number of anilines is 1. The molecule has 1 aromatic heterocycles. The van der Waals surface area contributed by atoms with E-state index in [-0.39, 0.29) is 18.0 Å². The number of carbonyl (C=O) groups excluding carboxylic acids is 1. The van der Waals surface area contributed by atoms with Gasteiger partial charge >= 0.3 is 0 Å². The molecule has 0 saturated carbocycles. The van der Waals surface area contributed by atoms with Gasteiger partial charge in [-0.3, -0.25) is 9.89 Å². The number of para-hydroxylation sites is 1. The van der Waals surface area contributed by atoms with Crippen molar-refractivity contribution in [1.29, 1.82) is 0 Å². The predicted octanol–water partition coefficient (Wildman–Crippen LogP) is 1.89. The van der Waals surface area contributed by atoms with E-state index in [9.17, 15) is 4.79 Å². The van der Waals surface area contributed by atoms with Gasteiger partial charge in [0.2, 0.25) is 5.91 Å². The molecule has 0 radical (unpaired) electrons. The lowest BCUT2D eigenvalue weighted by Gasteiger charge is -2.20. The molecule has 1 amide bonds. The fraction of sp³-hybridized carbons (Fsp3) is 0.385. The van der Waals surface area contributed by atoms with Crippen molar-refractivity contribution in [2.75, 3.05) is 11.9 Å². The van der Waals surface area contributed by atoms with Gasteiger partial charge in [-0.2, -0.15) is 5.10 Å². The highest BCUT2D eigenvalue weighted by atomic mass is 16.1. The van der Waals surface area contributed by atoms with Crippen LogP contribution in [0.1, 0.15) is 20.8 Å². The molecule has 1 aromatic carbocycles.